The fraction of sp³-hybridized carbons (Fsp3) is 0.400. The Hall–Kier alpha value is -1.03. The molecule has 1 atom stereocenters. The van der Waals surface area contributed by atoms with E-state index in [4.69, 9.17) is 23.2 Å². The molecule has 0 bridgehead atoms. The zero-order chi connectivity index (χ0) is 13.9. The van der Waals surface area contributed by atoms with Gasteiger partial charge >= 0.3 is 0 Å². The number of hydrogen-bond acceptors (Lipinski definition) is 2. The molecule has 0 radical (unpaired) electrons. The average molecular weight is 310 g/mol. The molecule has 0 spiro atoms. The molecule has 1 aromatic carbocycles. The maximum Gasteiger partial charge on any atom is 0.0951 e. The van der Waals surface area contributed by atoms with Gasteiger partial charge in [-0.1, -0.05) is 23.2 Å². The Balaban J connectivity index is 1.87. The minimum atomic E-state index is 0.648. The van der Waals surface area contributed by atoms with Gasteiger partial charge < -0.3 is 9.88 Å². The van der Waals surface area contributed by atoms with Gasteiger partial charge in [-0.15, -0.1) is 0 Å². The highest BCUT2D eigenvalue weighted by Gasteiger charge is 2.16. The Morgan fingerprint density at radius 2 is 2.25 bits per heavy atom. The van der Waals surface area contributed by atoms with Crippen molar-refractivity contribution in [3.63, 3.8) is 0 Å². The molecule has 3 nitrogen and oxygen atoms in total. The molecule has 0 aliphatic carbocycles. The first-order chi connectivity index (χ1) is 9.74. The third-order valence-electron chi connectivity index (χ3n) is 3.77. The lowest BCUT2D eigenvalue weighted by Gasteiger charge is -2.24. The molecular weight excluding hydrogens is 293 g/mol. The standard InChI is InChI=1S/C15H17Cl2N3/c16-12-3-4-14(17)13(6-12)15-8-19-10-20(15)9-11-2-1-5-18-7-11/h3-4,6,8,10-11,18H,1-2,5,7,9H2. The summed E-state index contributed by atoms with van der Waals surface area (Å²) in [6.07, 6.45) is 6.23. The van der Waals surface area contributed by atoms with Gasteiger partial charge in [0.2, 0.25) is 0 Å². The molecular formula is C15H17Cl2N3. The van der Waals surface area contributed by atoms with Crippen molar-refractivity contribution in [1.82, 2.24) is 14.9 Å². The van der Waals surface area contributed by atoms with E-state index in [9.17, 15) is 0 Å². The molecule has 0 amide bonds. The van der Waals surface area contributed by atoms with Crippen LogP contribution in [0.25, 0.3) is 11.3 Å². The summed E-state index contributed by atoms with van der Waals surface area (Å²) in [7, 11) is 0. The van der Waals surface area contributed by atoms with Crippen LogP contribution in [0.4, 0.5) is 0 Å². The lowest BCUT2D eigenvalue weighted by Crippen LogP contribution is -2.32. The summed E-state index contributed by atoms with van der Waals surface area (Å²) in [5.41, 5.74) is 1.98. The van der Waals surface area contributed by atoms with Crippen molar-refractivity contribution in [1.29, 1.82) is 0 Å². The molecule has 106 valence electrons. The van der Waals surface area contributed by atoms with Gasteiger partial charge in [0.05, 0.1) is 23.2 Å². The van der Waals surface area contributed by atoms with Gasteiger partial charge in [-0.3, -0.25) is 0 Å². The molecule has 1 aromatic heterocycles. The van der Waals surface area contributed by atoms with Crippen molar-refractivity contribution in [3.05, 3.63) is 40.8 Å². The van der Waals surface area contributed by atoms with E-state index in [1.165, 1.54) is 12.8 Å². The molecule has 2 heterocycles. The lowest BCUT2D eigenvalue weighted by molar-refractivity contribution is 0.338. The molecule has 1 saturated heterocycles. The van der Waals surface area contributed by atoms with E-state index in [-0.39, 0.29) is 0 Å². The van der Waals surface area contributed by atoms with Gasteiger partial charge in [-0.2, -0.15) is 0 Å². The second-order valence-corrected chi connectivity index (χ2v) is 6.11. The molecule has 1 N–H and O–H groups in total. The number of rotatable bonds is 3. The number of nitrogens with zero attached hydrogens (tertiary/aromatic N) is 2. The van der Waals surface area contributed by atoms with E-state index in [2.05, 4.69) is 14.9 Å². The lowest BCUT2D eigenvalue weighted by atomic mass is 9.99. The Bertz CT molecular complexity index is 589. The van der Waals surface area contributed by atoms with Crippen LogP contribution < -0.4 is 5.32 Å². The van der Waals surface area contributed by atoms with E-state index in [1.807, 2.05) is 24.7 Å². The summed E-state index contributed by atoms with van der Waals surface area (Å²) in [4.78, 5) is 4.28. The fourth-order valence-electron chi connectivity index (χ4n) is 2.74. The number of benzene rings is 1. The first kappa shape index (κ1) is 13.9. The third-order valence-corrected chi connectivity index (χ3v) is 4.34. The van der Waals surface area contributed by atoms with Crippen molar-refractivity contribution >= 4 is 23.2 Å². The van der Waals surface area contributed by atoms with E-state index in [1.54, 1.807) is 6.07 Å². The molecule has 1 unspecified atom stereocenters. The first-order valence-electron chi connectivity index (χ1n) is 6.90. The van der Waals surface area contributed by atoms with Crippen LogP contribution in [0.5, 0.6) is 0 Å². The molecule has 1 aliphatic heterocycles. The van der Waals surface area contributed by atoms with Crippen molar-refractivity contribution in [2.75, 3.05) is 13.1 Å². The van der Waals surface area contributed by atoms with Crippen LogP contribution >= 0.6 is 23.2 Å². The minimum Gasteiger partial charge on any atom is -0.330 e. The van der Waals surface area contributed by atoms with Crippen LogP contribution in [-0.2, 0) is 6.54 Å². The average Bonchev–Trinajstić information content (AvgIpc) is 2.91. The number of halogens is 2. The Morgan fingerprint density at radius 3 is 3.05 bits per heavy atom. The maximum absolute atomic E-state index is 6.29. The Kier molecular flexibility index (Phi) is 4.29. The Morgan fingerprint density at radius 1 is 1.35 bits per heavy atom. The third kappa shape index (κ3) is 3.00. The van der Waals surface area contributed by atoms with Crippen molar-refractivity contribution in [2.24, 2.45) is 5.92 Å². The molecule has 1 aliphatic rings. The highest BCUT2D eigenvalue weighted by molar-refractivity contribution is 6.35. The number of hydrogen-bond donors (Lipinski definition) is 1. The minimum absolute atomic E-state index is 0.648. The van der Waals surface area contributed by atoms with Gasteiger partial charge in [0.1, 0.15) is 0 Å². The van der Waals surface area contributed by atoms with E-state index >= 15 is 0 Å². The summed E-state index contributed by atoms with van der Waals surface area (Å²) < 4.78 is 2.18. The van der Waals surface area contributed by atoms with Crippen molar-refractivity contribution in [2.45, 2.75) is 19.4 Å². The number of piperidine rings is 1. The maximum atomic E-state index is 6.29. The highest BCUT2D eigenvalue weighted by Crippen LogP contribution is 2.31. The highest BCUT2D eigenvalue weighted by atomic mass is 35.5. The van der Waals surface area contributed by atoms with Crippen LogP contribution in [0.2, 0.25) is 10.0 Å². The van der Waals surface area contributed by atoms with E-state index in [0.29, 0.717) is 16.0 Å². The molecule has 0 saturated carbocycles. The zero-order valence-corrected chi connectivity index (χ0v) is 12.7. The topological polar surface area (TPSA) is 29.9 Å². The molecule has 5 heteroatoms. The first-order valence-corrected chi connectivity index (χ1v) is 7.66. The van der Waals surface area contributed by atoms with Gasteiger partial charge in [0, 0.05) is 17.1 Å². The molecule has 1 fully saturated rings. The second-order valence-electron chi connectivity index (χ2n) is 5.27. The second kappa shape index (κ2) is 6.17. The summed E-state index contributed by atoms with van der Waals surface area (Å²) in [6.45, 7) is 3.17. The van der Waals surface area contributed by atoms with Gasteiger partial charge in [-0.05, 0) is 50.0 Å². The number of nitrogens with one attached hydrogen (secondary N) is 1. The largest absolute Gasteiger partial charge is 0.330 e. The van der Waals surface area contributed by atoms with Crippen molar-refractivity contribution in [3.8, 4) is 11.3 Å². The van der Waals surface area contributed by atoms with Gasteiger partial charge in [0.25, 0.3) is 0 Å². The Labute approximate surface area is 128 Å². The van der Waals surface area contributed by atoms with Gasteiger partial charge in [0.15, 0.2) is 0 Å². The summed E-state index contributed by atoms with van der Waals surface area (Å²) in [5, 5.41) is 4.84. The molecule has 2 aromatic rings. The van der Waals surface area contributed by atoms with Gasteiger partial charge in [-0.25, -0.2) is 4.98 Å². The SMILES string of the molecule is Clc1ccc(Cl)c(-c2cncn2CC2CCCNC2)c1. The quantitative estimate of drug-likeness (QED) is 0.933. The fourth-order valence-corrected chi connectivity index (χ4v) is 3.13. The predicted octanol–water partition coefficient (Wildman–Crippen LogP) is 3.86. The summed E-state index contributed by atoms with van der Waals surface area (Å²) in [6, 6.07) is 5.54. The summed E-state index contributed by atoms with van der Waals surface area (Å²) in [5.74, 6) is 0.648. The molecule has 3 rings (SSSR count). The van der Waals surface area contributed by atoms with Crippen LogP contribution in [0.3, 0.4) is 0 Å². The number of imidazole rings is 1. The van der Waals surface area contributed by atoms with E-state index < -0.39 is 0 Å². The summed E-state index contributed by atoms with van der Waals surface area (Å²) >= 11 is 12.4. The van der Waals surface area contributed by atoms with E-state index in [0.717, 1.165) is 30.9 Å². The number of aromatic nitrogens is 2. The molecule has 20 heavy (non-hydrogen) atoms. The predicted molar refractivity (Wildman–Crippen MR) is 83.3 cm³/mol. The zero-order valence-electron chi connectivity index (χ0n) is 11.1. The van der Waals surface area contributed by atoms with Crippen LogP contribution in [0.1, 0.15) is 12.8 Å². The van der Waals surface area contributed by atoms with Crippen LogP contribution in [-0.4, -0.2) is 22.6 Å². The monoisotopic (exact) mass is 309 g/mol. The van der Waals surface area contributed by atoms with Crippen molar-refractivity contribution < 1.29 is 0 Å². The van der Waals surface area contributed by atoms with Crippen LogP contribution in [0.15, 0.2) is 30.7 Å². The normalized spacial score (nSPS) is 19.2. The smallest absolute Gasteiger partial charge is 0.0951 e. The van der Waals surface area contributed by atoms with Crippen LogP contribution in [0, 0.1) is 5.92 Å².